The van der Waals surface area contributed by atoms with Gasteiger partial charge in [-0.1, -0.05) is 0 Å². The minimum Gasteiger partial charge on any atom is -0.454 e. The molecule has 0 aromatic heterocycles. The van der Waals surface area contributed by atoms with Crippen LogP contribution in [0.1, 0.15) is 12.5 Å². The van der Waals surface area contributed by atoms with Crippen molar-refractivity contribution >= 4 is 11.6 Å². The number of rotatable bonds is 7. The zero-order valence-electron chi connectivity index (χ0n) is 15.0. The molecule has 0 radical (unpaired) electrons. The lowest BCUT2D eigenvalue weighted by molar-refractivity contribution is -0.907. The number of anilines is 1. The van der Waals surface area contributed by atoms with E-state index in [-0.39, 0.29) is 24.5 Å². The molecule has 144 valence electrons. The lowest BCUT2D eigenvalue weighted by atomic mass is 10.1. The van der Waals surface area contributed by atoms with Gasteiger partial charge in [-0.3, -0.25) is 4.79 Å². The highest BCUT2D eigenvalue weighted by atomic mass is 19.3. The normalized spacial score (nSPS) is 14.7. The van der Waals surface area contributed by atoms with Crippen LogP contribution in [0, 0.1) is 0 Å². The minimum absolute atomic E-state index is 0.111. The molecular formula is C19H21F2N2O4+. The van der Waals surface area contributed by atoms with E-state index in [0.717, 1.165) is 10.5 Å². The first-order valence-corrected chi connectivity index (χ1v) is 8.49. The second-order valence-corrected chi connectivity index (χ2v) is 6.32. The number of alkyl halides is 2. The predicted molar refractivity (Wildman–Crippen MR) is 94.3 cm³/mol. The van der Waals surface area contributed by atoms with Crippen molar-refractivity contribution < 1.29 is 32.7 Å². The summed E-state index contributed by atoms with van der Waals surface area (Å²) in [5.41, 5.74) is 1.55. The van der Waals surface area contributed by atoms with Crippen LogP contribution in [0.2, 0.25) is 0 Å². The van der Waals surface area contributed by atoms with Crippen LogP contribution in [-0.4, -0.2) is 32.4 Å². The average molecular weight is 379 g/mol. The maximum absolute atomic E-state index is 12.5. The summed E-state index contributed by atoms with van der Waals surface area (Å²) >= 11 is 0. The van der Waals surface area contributed by atoms with Crippen LogP contribution in [0.5, 0.6) is 17.2 Å². The van der Waals surface area contributed by atoms with Gasteiger partial charge in [-0.2, -0.15) is 8.78 Å². The van der Waals surface area contributed by atoms with Gasteiger partial charge in [-0.25, -0.2) is 0 Å². The van der Waals surface area contributed by atoms with Crippen LogP contribution < -0.4 is 24.4 Å². The Labute approximate surface area is 155 Å². The molecule has 2 atom stereocenters. The SMILES string of the molecule is C[C@@H](C(=O)Nc1ccc2c(c1)OCO2)[NH+](C)Cc1ccc(OC(F)F)cc1. The first-order valence-electron chi connectivity index (χ1n) is 8.49. The highest BCUT2D eigenvalue weighted by Crippen LogP contribution is 2.34. The summed E-state index contributed by atoms with van der Waals surface area (Å²) in [6.45, 7) is -0.280. The molecule has 3 rings (SSSR count). The highest BCUT2D eigenvalue weighted by Gasteiger charge is 2.23. The van der Waals surface area contributed by atoms with Gasteiger partial charge in [0.15, 0.2) is 17.5 Å². The van der Waals surface area contributed by atoms with E-state index in [1.807, 2.05) is 14.0 Å². The number of ether oxygens (including phenoxy) is 3. The fraction of sp³-hybridized carbons (Fsp3) is 0.316. The lowest BCUT2D eigenvalue weighted by Crippen LogP contribution is -3.12. The van der Waals surface area contributed by atoms with Crippen LogP contribution in [0.15, 0.2) is 42.5 Å². The van der Waals surface area contributed by atoms with Crippen molar-refractivity contribution in [1.82, 2.24) is 0 Å². The van der Waals surface area contributed by atoms with Crippen molar-refractivity contribution in [2.45, 2.75) is 26.1 Å². The number of fused-ring (bicyclic) bond motifs is 1. The van der Waals surface area contributed by atoms with Crippen LogP contribution >= 0.6 is 0 Å². The van der Waals surface area contributed by atoms with Crippen LogP contribution in [-0.2, 0) is 11.3 Å². The first kappa shape index (κ1) is 18.9. The molecule has 8 heteroatoms. The Kier molecular flexibility index (Phi) is 5.75. The first-order chi connectivity index (χ1) is 12.9. The Hall–Kier alpha value is -2.87. The fourth-order valence-electron chi connectivity index (χ4n) is 2.71. The van der Waals surface area contributed by atoms with Gasteiger partial charge < -0.3 is 24.4 Å². The molecular weight excluding hydrogens is 358 g/mol. The molecule has 0 saturated carbocycles. The molecule has 0 fully saturated rings. The standard InChI is InChI=1S/C19H20F2N2O4/c1-12(18(24)22-14-5-8-16-17(9-14)26-11-25-16)23(2)10-13-3-6-15(7-4-13)27-19(20)21/h3-9,12,19H,10-11H2,1-2H3,(H,22,24)/p+1/t12-/m0/s1. The molecule has 0 bridgehead atoms. The van der Waals surface area contributed by atoms with E-state index in [9.17, 15) is 13.6 Å². The Morgan fingerprint density at radius 3 is 2.59 bits per heavy atom. The van der Waals surface area contributed by atoms with Crippen molar-refractivity contribution in [2.75, 3.05) is 19.2 Å². The van der Waals surface area contributed by atoms with Gasteiger partial charge in [-0.05, 0) is 43.3 Å². The predicted octanol–water partition coefficient (Wildman–Crippen LogP) is 2.06. The number of quaternary nitrogens is 1. The third-order valence-corrected chi connectivity index (χ3v) is 4.40. The number of carbonyl (C=O) groups excluding carboxylic acids is 1. The molecule has 1 amide bonds. The van der Waals surface area contributed by atoms with E-state index in [1.54, 1.807) is 30.3 Å². The topological polar surface area (TPSA) is 61.2 Å². The maximum atomic E-state index is 12.5. The van der Waals surface area contributed by atoms with E-state index >= 15 is 0 Å². The quantitative estimate of drug-likeness (QED) is 0.773. The molecule has 2 N–H and O–H groups in total. The summed E-state index contributed by atoms with van der Waals surface area (Å²) in [6.07, 6.45) is 0. The summed E-state index contributed by atoms with van der Waals surface area (Å²) in [4.78, 5) is 13.5. The fourth-order valence-corrected chi connectivity index (χ4v) is 2.71. The van der Waals surface area contributed by atoms with E-state index in [1.165, 1.54) is 12.1 Å². The molecule has 2 aromatic rings. The van der Waals surface area contributed by atoms with Gasteiger partial charge in [0.25, 0.3) is 5.91 Å². The number of amides is 1. The monoisotopic (exact) mass is 379 g/mol. The van der Waals surface area contributed by atoms with Crippen molar-refractivity contribution in [3.63, 3.8) is 0 Å². The Balaban J connectivity index is 1.56. The minimum atomic E-state index is -2.84. The maximum Gasteiger partial charge on any atom is 0.387 e. The average Bonchev–Trinajstić information content (AvgIpc) is 3.10. The van der Waals surface area contributed by atoms with E-state index < -0.39 is 6.61 Å². The van der Waals surface area contributed by atoms with Gasteiger partial charge in [0.05, 0.1) is 7.05 Å². The zero-order valence-corrected chi connectivity index (χ0v) is 15.0. The molecule has 1 aliphatic rings. The third kappa shape index (κ3) is 4.85. The summed E-state index contributed by atoms with van der Waals surface area (Å²) in [7, 11) is 1.90. The van der Waals surface area contributed by atoms with Crippen molar-refractivity contribution in [3.05, 3.63) is 48.0 Å². The van der Waals surface area contributed by atoms with Crippen molar-refractivity contribution in [2.24, 2.45) is 0 Å². The number of benzene rings is 2. The van der Waals surface area contributed by atoms with Gasteiger partial charge in [0.1, 0.15) is 12.3 Å². The molecule has 2 aromatic carbocycles. The number of likely N-dealkylation sites (N-methyl/N-ethyl adjacent to an activating group) is 1. The largest absolute Gasteiger partial charge is 0.454 e. The molecule has 1 aliphatic heterocycles. The second-order valence-electron chi connectivity index (χ2n) is 6.32. The Morgan fingerprint density at radius 1 is 1.19 bits per heavy atom. The van der Waals surface area contributed by atoms with Gasteiger partial charge in [0.2, 0.25) is 6.79 Å². The summed E-state index contributed by atoms with van der Waals surface area (Å²) in [6, 6.07) is 11.3. The van der Waals surface area contributed by atoms with E-state index in [0.29, 0.717) is 23.7 Å². The van der Waals surface area contributed by atoms with Crippen molar-refractivity contribution in [3.8, 4) is 17.2 Å². The van der Waals surface area contributed by atoms with Crippen molar-refractivity contribution in [1.29, 1.82) is 0 Å². The lowest BCUT2D eigenvalue weighted by Gasteiger charge is -2.21. The summed E-state index contributed by atoms with van der Waals surface area (Å²) in [5, 5.41) is 2.87. The number of nitrogens with one attached hydrogen (secondary N) is 2. The van der Waals surface area contributed by atoms with E-state index in [4.69, 9.17) is 9.47 Å². The molecule has 0 spiro atoms. The smallest absolute Gasteiger partial charge is 0.387 e. The highest BCUT2D eigenvalue weighted by molar-refractivity contribution is 5.93. The molecule has 6 nitrogen and oxygen atoms in total. The van der Waals surface area contributed by atoms with E-state index in [2.05, 4.69) is 10.1 Å². The Bertz CT molecular complexity index is 799. The molecule has 1 unspecified atom stereocenters. The van der Waals surface area contributed by atoms with Crippen LogP contribution in [0.25, 0.3) is 0 Å². The number of carbonyl (C=O) groups is 1. The zero-order chi connectivity index (χ0) is 19.4. The van der Waals surface area contributed by atoms with Gasteiger partial charge in [0, 0.05) is 17.3 Å². The third-order valence-electron chi connectivity index (χ3n) is 4.40. The number of hydrogen-bond donors (Lipinski definition) is 2. The van der Waals surface area contributed by atoms with Gasteiger partial charge >= 0.3 is 6.61 Å². The molecule has 0 aliphatic carbocycles. The van der Waals surface area contributed by atoms with Crippen LogP contribution in [0.4, 0.5) is 14.5 Å². The van der Waals surface area contributed by atoms with Gasteiger partial charge in [-0.15, -0.1) is 0 Å². The molecule has 1 heterocycles. The number of hydrogen-bond acceptors (Lipinski definition) is 4. The Morgan fingerprint density at radius 2 is 1.89 bits per heavy atom. The molecule has 27 heavy (non-hydrogen) atoms. The molecule has 0 saturated heterocycles. The summed E-state index contributed by atoms with van der Waals surface area (Å²) < 4.78 is 39.3. The number of halogens is 2. The second kappa shape index (κ2) is 8.22. The van der Waals surface area contributed by atoms with Crippen LogP contribution in [0.3, 0.4) is 0 Å². The summed E-state index contributed by atoms with van der Waals surface area (Å²) in [5.74, 6) is 1.24.